The number of aryl methyl sites for hydroxylation is 1. The van der Waals surface area contributed by atoms with Crippen LogP contribution < -0.4 is 5.73 Å². The maximum Gasteiger partial charge on any atom is 0.222 e. The molecule has 0 spiro atoms. The first-order valence-electron chi connectivity index (χ1n) is 5.07. The highest BCUT2D eigenvalue weighted by molar-refractivity contribution is 5.30. The number of anilines is 1. The highest BCUT2D eigenvalue weighted by Crippen LogP contribution is 2.12. The number of nitrogens with zero attached hydrogens (tertiary/aromatic N) is 1. The van der Waals surface area contributed by atoms with Crippen LogP contribution in [0.1, 0.15) is 23.7 Å². The predicted octanol–water partition coefficient (Wildman–Crippen LogP) is 2.41. The van der Waals surface area contributed by atoms with Gasteiger partial charge in [0.05, 0.1) is 5.69 Å². The summed E-state index contributed by atoms with van der Waals surface area (Å²) < 4.78 is 4.81. The van der Waals surface area contributed by atoms with Crippen molar-refractivity contribution in [2.24, 2.45) is 0 Å². The second-order valence-corrected chi connectivity index (χ2v) is 3.57. The average Bonchev–Trinajstić information content (AvgIpc) is 2.65. The second kappa shape index (κ2) is 4.17. The van der Waals surface area contributed by atoms with Crippen molar-refractivity contribution >= 4 is 5.88 Å². The average molecular weight is 202 g/mol. The van der Waals surface area contributed by atoms with Crippen LogP contribution in [0.4, 0.5) is 5.88 Å². The quantitative estimate of drug-likeness (QED) is 0.831. The van der Waals surface area contributed by atoms with E-state index in [1.54, 1.807) is 6.07 Å². The molecule has 1 aromatic carbocycles. The lowest BCUT2D eigenvalue weighted by atomic mass is 10.1. The predicted molar refractivity (Wildman–Crippen MR) is 59.5 cm³/mol. The highest BCUT2D eigenvalue weighted by Gasteiger charge is 2.02. The van der Waals surface area contributed by atoms with Crippen LogP contribution in [-0.4, -0.2) is 5.16 Å². The zero-order valence-electron chi connectivity index (χ0n) is 8.73. The van der Waals surface area contributed by atoms with E-state index in [2.05, 4.69) is 36.3 Å². The largest absolute Gasteiger partial charge is 0.368 e. The molecule has 2 aromatic rings. The molecular formula is C12H14N2O. The van der Waals surface area contributed by atoms with E-state index in [9.17, 15) is 0 Å². The van der Waals surface area contributed by atoms with E-state index in [0.717, 1.165) is 18.5 Å². The van der Waals surface area contributed by atoms with Crippen molar-refractivity contribution in [1.29, 1.82) is 0 Å². The molecule has 3 nitrogen and oxygen atoms in total. The maximum absolute atomic E-state index is 5.45. The molecule has 3 heteroatoms. The topological polar surface area (TPSA) is 52.0 Å². The molecule has 0 atom stereocenters. The Morgan fingerprint density at radius 3 is 2.40 bits per heavy atom. The van der Waals surface area contributed by atoms with Crippen LogP contribution in [0, 0.1) is 0 Å². The molecule has 0 saturated carbocycles. The van der Waals surface area contributed by atoms with Crippen molar-refractivity contribution in [2.75, 3.05) is 5.73 Å². The Morgan fingerprint density at radius 2 is 1.87 bits per heavy atom. The van der Waals surface area contributed by atoms with Crippen molar-refractivity contribution in [3.8, 4) is 0 Å². The Balaban J connectivity index is 2.11. The Hall–Kier alpha value is -1.77. The van der Waals surface area contributed by atoms with Crippen molar-refractivity contribution in [3.05, 3.63) is 47.2 Å². The van der Waals surface area contributed by atoms with E-state index >= 15 is 0 Å². The van der Waals surface area contributed by atoms with Gasteiger partial charge < -0.3 is 10.3 Å². The zero-order chi connectivity index (χ0) is 10.7. The van der Waals surface area contributed by atoms with E-state index in [0.29, 0.717) is 5.88 Å². The van der Waals surface area contributed by atoms with E-state index in [1.165, 1.54) is 11.1 Å². The molecule has 78 valence electrons. The van der Waals surface area contributed by atoms with Gasteiger partial charge in [-0.1, -0.05) is 36.3 Å². The van der Waals surface area contributed by atoms with Crippen LogP contribution in [0.15, 0.2) is 34.9 Å². The number of nitrogen functional groups attached to an aromatic ring is 1. The molecule has 0 aliphatic carbocycles. The van der Waals surface area contributed by atoms with E-state index in [-0.39, 0.29) is 0 Å². The number of nitrogens with two attached hydrogens (primary N) is 1. The van der Waals surface area contributed by atoms with Crippen molar-refractivity contribution in [2.45, 2.75) is 19.8 Å². The fourth-order valence-electron chi connectivity index (χ4n) is 1.51. The van der Waals surface area contributed by atoms with Gasteiger partial charge in [-0.15, -0.1) is 0 Å². The second-order valence-electron chi connectivity index (χ2n) is 3.57. The summed E-state index contributed by atoms with van der Waals surface area (Å²) in [7, 11) is 0. The molecule has 2 rings (SSSR count). The summed E-state index contributed by atoms with van der Waals surface area (Å²) in [5.41, 5.74) is 8.89. The SMILES string of the molecule is CCc1ccc(Cc2cc(N)on2)cc1. The molecule has 0 unspecified atom stereocenters. The van der Waals surface area contributed by atoms with Gasteiger partial charge in [-0.25, -0.2) is 0 Å². The lowest BCUT2D eigenvalue weighted by Gasteiger charge is -1.99. The summed E-state index contributed by atoms with van der Waals surface area (Å²) >= 11 is 0. The molecule has 2 N–H and O–H groups in total. The first-order valence-corrected chi connectivity index (χ1v) is 5.07. The number of hydrogen-bond donors (Lipinski definition) is 1. The monoisotopic (exact) mass is 202 g/mol. The number of benzene rings is 1. The molecule has 0 bridgehead atoms. The molecule has 0 aliphatic rings. The Bertz CT molecular complexity index is 431. The molecule has 1 heterocycles. The van der Waals surface area contributed by atoms with Gasteiger partial charge >= 0.3 is 0 Å². The van der Waals surface area contributed by atoms with Gasteiger partial charge in [0.1, 0.15) is 0 Å². The number of hydrogen-bond acceptors (Lipinski definition) is 3. The van der Waals surface area contributed by atoms with Crippen molar-refractivity contribution in [3.63, 3.8) is 0 Å². The Kier molecular flexibility index (Phi) is 2.72. The standard InChI is InChI=1S/C12H14N2O/c1-2-9-3-5-10(6-4-9)7-11-8-12(13)15-14-11/h3-6,8H,2,7,13H2,1H3. The minimum absolute atomic E-state index is 0.371. The molecule has 0 saturated heterocycles. The normalized spacial score (nSPS) is 10.5. The van der Waals surface area contributed by atoms with Crippen molar-refractivity contribution in [1.82, 2.24) is 5.16 Å². The summed E-state index contributed by atoms with van der Waals surface area (Å²) in [6, 6.07) is 10.3. The molecule has 0 aliphatic heterocycles. The third-order valence-corrected chi connectivity index (χ3v) is 2.39. The van der Waals surface area contributed by atoms with Crippen LogP contribution >= 0.6 is 0 Å². The van der Waals surface area contributed by atoms with Crippen LogP contribution in [0.2, 0.25) is 0 Å². The minimum Gasteiger partial charge on any atom is -0.368 e. The van der Waals surface area contributed by atoms with Gasteiger partial charge in [0.2, 0.25) is 5.88 Å². The fourth-order valence-corrected chi connectivity index (χ4v) is 1.51. The number of rotatable bonds is 3. The van der Waals surface area contributed by atoms with E-state index in [1.807, 2.05) is 0 Å². The minimum atomic E-state index is 0.371. The summed E-state index contributed by atoms with van der Waals surface area (Å²) in [5, 5.41) is 3.85. The molecule has 0 amide bonds. The lowest BCUT2D eigenvalue weighted by molar-refractivity contribution is 0.429. The van der Waals surface area contributed by atoms with Crippen LogP contribution in [0.5, 0.6) is 0 Å². The third-order valence-electron chi connectivity index (χ3n) is 2.39. The van der Waals surface area contributed by atoms with E-state index in [4.69, 9.17) is 10.3 Å². The Morgan fingerprint density at radius 1 is 1.20 bits per heavy atom. The zero-order valence-corrected chi connectivity index (χ0v) is 8.73. The molecule has 0 fully saturated rings. The van der Waals surface area contributed by atoms with Crippen molar-refractivity contribution < 1.29 is 4.52 Å². The molecule has 15 heavy (non-hydrogen) atoms. The summed E-state index contributed by atoms with van der Waals surface area (Å²) in [4.78, 5) is 0. The lowest BCUT2D eigenvalue weighted by Crippen LogP contribution is -1.88. The van der Waals surface area contributed by atoms with Crippen LogP contribution in [-0.2, 0) is 12.8 Å². The van der Waals surface area contributed by atoms with Gasteiger partial charge in [-0.2, -0.15) is 0 Å². The molecular weight excluding hydrogens is 188 g/mol. The maximum atomic E-state index is 5.45. The Labute approximate surface area is 88.9 Å². The summed E-state index contributed by atoms with van der Waals surface area (Å²) in [5.74, 6) is 0.371. The van der Waals surface area contributed by atoms with Gasteiger partial charge in [0, 0.05) is 12.5 Å². The molecule has 1 aromatic heterocycles. The smallest absolute Gasteiger partial charge is 0.222 e. The first kappa shape index (κ1) is 9.77. The van der Waals surface area contributed by atoms with Gasteiger partial charge in [0.25, 0.3) is 0 Å². The van der Waals surface area contributed by atoms with Crippen LogP contribution in [0.25, 0.3) is 0 Å². The van der Waals surface area contributed by atoms with Crippen LogP contribution in [0.3, 0.4) is 0 Å². The van der Waals surface area contributed by atoms with Gasteiger partial charge in [-0.3, -0.25) is 0 Å². The third kappa shape index (κ3) is 2.37. The summed E-state index contributed by atoms with van der Waals surface area (Å²) in [6.45, 7) is 2.15. The molecule has 0 radical (unpaired) electrons. The first-order chi connectivity index (χ1) is 7.28. The van der Waals surface area contributed by atoms with Gasteiger partial charge in [-0.05, 0) is 17.5 Å². The fraction of sp³-hybridized carbons (Fsp3) is 0.250. The summed E-state index contributed by atoms with van der Waals surface area (Å²) in [6.07, 6.45) is 1.84. The highest BCUT2D eigenvalue weighted by atomic mass is 16.5. The van der Waals surface area contributed by atoms with E-state index < -0.39 is 0 Å². The van der Waals surface area contributed by atoms with Gasteiger partial charge in [0.15, 0.2) is 0 Å². The number of aromatic nitrogens is 1.